The van der Waals surface area contributed by atoms with E-state index in [2.05, 4.69) is 17.6 Å². The molecule has 210 valence electrons. The highest BCUT2D eigenvalue weighted by Crippen LogP contribution is 2.18. The van der Waals surface area contributed by atoms with E-state index in [-0.39, 0.29) is 18.2 Å². The number of benzene rings is 1. The standard InChI is InChI=1S/C30H51N3O4/c1-3-4-5-6-7-8-9-10-11-12-13-14-15-19-22-26(24-28(34)33-37)29(35)32-27(30(36)31-2)23-25-20-17-16-18-21-25/h16-18,20-21,26-27,37H,3-15,19,22-24H2,1-2H3,(H,31,36)(H,32,35)(H,33,34)/t26-,27+/m1/s1. The molecule has 0 radical (unpaired) electrons. The largest absolute Gasteiger partial charge is 0.357 e. The molecular weight excluding hydrogens is 466 g/mol. The number of carbonyl (C=O) groups excluding carboxylic acids is 3. The fraction of sp³-hybridized carbons (Fsp3) is 0.700. The van der Waals surface area contributed by atoms with Gasteiger partial charge in [-0.05, 0) is 12.0 Å². The first-order valence-electron chi connectivity index (χ1n) is 14.5. The van der Waals surface area contributed by atoms with Gasteiger partial charge in [-0.3, -0.25) is 19.6 Å². The molecule has 0 aliphatic carbocycles. The number of carbonyl (C=O) groups is 3. The predicted octanol–water partition coefficient (Wildman–Crippen LogP) is 5.84. The van der Waals surface area contributed by atoms with Crippen LogP contribution in [-0.2, 0) is 20.8 Å². The Kier molecular flexibility index (Phi) is 19.1. The van der Waals surface area contributed by atoms with Gasteiger partial charge in [0.25, 0.3) is 0 Å². The molecule has 0 aromatic heterocycles. The summed E-state index contributed by atoms with van der Waals surface area (Å²) in [7, 11) is 1.54. The smallest absolute Gasteiger partial charge is 0.244 e. The van der Waals surface area contributed by atoms with Crippen molar-refractivity contribution in [3.05, 3.63) is 35.9 Å². The number of nitrogens with one attached hydrogen (secondary N) is 3. The van der Waals surface area contributed by atoms with E-state index in [1.807, 2.05) is 30.3 Å². The fourth-order valence-corrected chi connectivity index (χ4v) is 4.70. The molecule has 0 heterocycles. The summed E-state index contributed by atoms with van der Waals surface area (Å²) in [4.78, 5) is 37.3. The fourth-order valence-electron chi connectivity index (χ4n) is 4.70. The molecule has 2 atom stereocenters. The number of rotatable bonds is 22. The van der Waals surface area contributed by atoms with Crippen LogP contribution in [0.3, 0.4) is 0 Å². The summed E-state index contributed by atoms with van der Waals surface area (Å²) in [6.07, 6.45) is 18.3. The Labute approximate surface area is 224 Å². The minimum Gasteiger partial charge on any atom is -0.357 e. The van der Waals surface area contributed by atoms with Crippen molar-refractivity contribution in [2.24, 2.45) is 5.92 Å². The molecule has 1 aromatic rings. The Balaban J connectivity index is 2.36. The second-order valence-corrected chi connectivity index (χ2v) is 10.2. The van der Waals surface area contributed by atoms with E-state index >= 15 is 0 Å². The zero-order valence-electron chi connectivity index (χ0n) is 23.2. The van der Waals surface area contributed by atoms with Crippen LogP contribution in [0, 0.1) is 5.92 Å². The van der Waals surface area contributed by atoms with Gasteiger partial charge in [-0.25, -0.2) is 5.48 Å². The van der Waals surface area contributed by atoms with Gasteiger partial charge in [-0.2, -0.15) is 0 Å². The Bertz CT molecular complexity index is 742. The lowest BCUT2D eigenvalue weighted by atomic mass is 9.94. The lowest BCUT2D eigenvalue weighted by Crippen LogP contribution is -2.49. The first-order valence-corrected chi connectivity index (χ1v) is 14.5. The summed E-state index contributed by atoms with van der Waals surface area (Å²) >= 11 is 0. The van der Waals surface area contributed by atoms with Crippen molar-refractivity contribution < 1.29 is 19.6 Å². The lowest BCUT2D eigenvalue weighted by molar-refractivity contribution is -0.136. The third-order valence-electron chi connectivity index (χ3n) is 7.00. The van der Waals surface area contributed by atoms with Gasteiger partial charge in [0.05, 0.1) is 0 Å². The zero-order valence-corrected chi connectivity index (χ0v) is 23.2. The zero-order chi connectivity index (χ0) is 27.1. The van der Waals surface area contributed by atoms with E-state index in [9.17, 15) is 14.4 Å². The third-order valence-corrected chi connectivity index (χ3v) is 7.00. The van der Waals surface area contributed by atoms with Gasteiger partial charge in [0.2, 0.25) is 17.7 Å². The summed E-state index contributed by atoms with van der Waals surface area (Å²) in [6.45, 7) is 2.25. The molecule has 0 saturated carbocycles. The molecule has 0 spiro atoms. The van der Waals surface area contributed by atoms with Crippen LogP contribution >= 0.6 is 0 Å². The Morgan fingerprint density at radius 2 is 1.27 bits per heavy atom. The summed E-state index contributed by atoms with van der Waals surface area (Å²) in [5.41, 5.74) is 2.57. The van der Waals surface area contributed by atoms with Crippen molar-refractivity contribution in [1.29, 1.82) is 0 Å². The molecule has 3 amide bonds. The SMILES string of the molecule is CCCCCCCCCCCCCCCC[C@H](CC(=O)NO)C(=O)N[C@@H](Cc1ccccc1)C(=O)NC. The van der Waals surface area contributed by atoms with Crippen LogP contribution in [0.4, 0.5) is 0 Å². The molecule has 1 rings (SSSR count). The molecular formula is C30H51N3O4. The number of hydroxylamine groups is 1. The van der Waals surface area contributed by atoms with Crippen LogP contribution in [-0.4, -0.2) is 36.0 Å². The summed E-state index contributed by atoms with van der Waals surface area (Å²) in [5, 5.41) is 14.4. The van der Waals surface area contributed by atoms with Crippen LogP contribution in [0.5, 0.6) is 0 Å². The minimum absolute atomic E-state index is 0.105. The maximum absolute atomic E-state index is 13.0. The topological polar surface area (TPSA) is 108 Å². The van der Waals surface area contributed by atoms with Crippen LogP contribution in [0.2, 0.25) is 0 Å². The Morgan fingerprint density at radius 3 is 1.76 bits per heavy atom. The van der Waals surface area contributed by atoms with Crippen molar-refractivity contribution in [3.63, 3.8) is 0 Å². The van der Waals surface area contributed by atoms with Crippen molar-refractivity contribution in [3.8, 4) is 0 Å². The second kappa shape index (κ2) is 21.7. The molecule has 37 heavy (non-hydrogen) atoms. The molecule has 0 fully saturated rings. The Morgan fingerprint density at radius 1 is 0.757 bits per heavy atom. The van der Waals surface area contributed by atoms with Crippen molar-refractivity contribution in [2.45, 2.75) is 122 Å². The van der Waals surface area contributed by atoms with Gasteiger partial charge in [-0.15, -0.1) is 0 Å². The van der Waals surface area contributed by atoms with Gasteiger partial charge in [0, 0.05) is 25.8 Å². The highest BCUT2D eigenvalue weighted by molar-refractivity contribution is 5.90. The number of amides is 3. The first kappa shape index (κ1) is 32.6. The lowest BCUT2D eigenvalue weighted by Gasteiger charge is -2.22. The average molecular weight is 518 g/mol. The number of hydrogen-bond donors (Lipinski definition) is 4. The quantitative estimate of drug-likeness (QED) is 0.0880. The van der Waals surface area contributed by atoms with Crippen molar-refractivity contribution in [1.82, 2.24) is 16.1 Å². The van der Waals surface area contributed by atoms with Crippen molar-refractivity contribution in [2.75, 3.05) is 7.05 Å². The molecule has 4 N–H and O–H groups in total. The van der Waals surface area contributed by atoms with Crippen LogP contribution in [0.1, 0.15) is 115 Å². The first-order chi connectivity index (χ1) is 18.0. The van der Waals surface area contributed by atoms with Gasteiger partial charge < -0.3 is 10.6 Å². The normalized spacial score (nSPS) is 12.5. The van der Waals surface area contributed by atoms with Crippen LogP contribution in [0.15, 0.2) is 30.3 Å². The van der Waals surface area contributed by atoms with E-state index < -0.39 is 17.9 Å². The highest BCUT2D eigenvalue weighted by Gasteiger charge is 2.26. The molecule has 0 aliphatic heterocycles. The number of hydrogen-bond acceptors (Lipinski definition) is 4. The number of unbranched alkanes of at least 4 members (excludes halogenated alkanes) is 13. The summed E-state index contributed by atoms with van der Waals surface area (Å²) in [5.74, 6) is -1.79. The maximum atomic E-state index is 13.0. The van der Waals surface area contributed by atoms with E-state index in [4.69, 9.17) is 5.21 Å². The van der Waals surface area contributed by atoms with Gasteiger partial charge in [-0.1, -0.05) is 127 Å². The second-order valence-electron chi connectivity index (χ2n) is 10.2. The monoisotopic (exact) mass is 517 g/mol. The molecule has 0 saturated heterocycles. The highest BCUT2D eigenvalue weighted by atomic mass is 16.5. The Hall–Kier alpha value is -2.41. The summed E-state index contributed by atoms with van der Waals surface area (Å²) < 4.78 is 0. The summed E-state index contributed by atoms with van der Waals surface area (Å²) in [6, 6.07) is 8.78. The molecule has 7 heteroatoms. The minimum atomic E-state index is -0.726. The van der Waals surface area contributed by atoms with Crippen molar-refractivity contribution >= 4 is 17.7 Å². The number of likely N-dealkylation sites (N-methyl/N-ethyl adjacent to an activating group) is 1. The average Bonchev–Trinajstić information content (AvgIpc) is 2.92. The molecule has 7 nitrogen and oxygen atoms in total. The van der Waals surface area contributed by atoms with E-state index in [0.717, 1.165) is 24.8 Å². The van der Waals surface area contributed by atoms with Crippen LogP contribution < -0.4 is 16.1 Å². The van der Waals surface area contributed by atoms with Gasteiger partial charge in [0.1, 0.15) is 6.04 Å². The van der Waals surface area contributed by atoms with Gasteiger partial charge in [0.15, 0.2) is 0 Å². The third kappa shape index (κ3) is 16.1. The maximum Gasteiger partial charge on any atom is 0.244 e. The van der Waals surface area contributed by atoms with E-state index in [1.54, 1.807) is 5.48 Å². The molecule has 0 unspecified atom stereocenters. The van der Waals surface area contributed by atoms with Crippen LogP contribution in [0.25, 0.3) is 0 Å². The molecule has 1 aromatic carbocycles. The van der Waals surface area contributed by atoms with E-state index in [1.165, 1.54) is 77.7 Å². The van der Waals surface area contributed by atoms with E-state index in [0.29, 0.717) is 12.8 Å². The predicted molar refractivity (Wildman–Crippen MR) is 149 cm³/mol. The molecule has 0 aliphatic rings. The molecule has 0 bridgehead atoms. The van der Waals surface area contributed by atoms with Gasteiger partial charge >= 0.3 is 0 Å².